The zero-order valence-electron chi connectivity index (χ0n) is 12.6. The summed E-state index contributed by atoms with van der Waals surface area (Å²) in [5.74, 6) is -0.306. The van der Waals surface area contributed by atoms with Crippen molar-refractivity contribution in [3.63, 3.8) is 0 Å². The van der Waals surface area contributed by atoms with Crippen molar-refractivity contribution in [1.29, 1.82) is 0 Å². The van der Waals surface area contributed by atoms with E-state index in [0.717, 1.165) is 12.0 Å². The summed E-state index contributed by atoms with van der Waals surface area (Å²) >= 11 is 0. The summed E-state index contributed by atoms with van der Waals surface area (Å²) in [7, 11) is 0. The molecule has 1 amide bonds. The number of benzene rings is 1. The number of rotatable bonds is 8. The summed E-state index contributed by atoms with van der Waals surface area (Å²) in [4.78, 5) is 23.2. The second-order valence-corrected chi connectivity index (χ2v) is 4.70. The zero-order chi connectivity index (χ0) is 15.5. The number of carbonyl (C=O) groups excluding carboxylic acids is 2. The van der Waals surface area contributed by atoms with Gasteiger partial charge in [0.15, 0.2) is 0 Å². The van der Waals surface area contributed by atoms with Crippen molar-refractivity contribution in [3.8, 4) is 0 Å². The molecule has 0 aliphatic heterocycles. The largest absolute Gasteiger partial charge is 0.466 e. The number of carbonyl (C=O) groups is 2. The fraction of sp³-hybridized carbons (Fsp3) is 0.500. The van der Waals surface area contributed by atoms with Crippen LogP contribution in [-0.4, -0.2) is 24.7 Å². The van der Waals surface area contributed by atoms with Crippen LogP contribution in [-0.2, 0) is 20.9 Å². The third-order valence-corrected chi connectivity index (χ3v) is 2.89. The third kappa shape index (κ3) is 7.34. The molecule has 1 N–H and O–H groups in total. The summed E-state index contributed by atoms with van der Waals surface area (Å²) in [5, 5.41) is 2.72. The summed E-state index contributed by atoms with van der Waals surface area (Å²) in [6, 6.07) is 9.19. The van der Waals surface area contributed by atoms with Gasteiger partial charge in [-0.15, -0.1) is 0 Å². The molecule has 1 rings (SSSR count). The summed E-state index contributed by atoms with van der Waals surface area (Å²) < 4.78 is 10.0. The minimum atomic E-state index is -0.512. The lowest BCUT2D eigenvalue weighted by molar-refractivity contribution is -0.143. The number of hydrogen-bond acceptors (Lipinski definition) is 4. The molecule has 0 radical (unpaired) electrons. The highest BCUT2D eigenvalue weighted by Gasteiger charge is 2.17. The van der Waals surface area contributed by atoms with Crippen LogP contribution in [0.1, 0.15) is 38.7 Å². The van der Waals surface area contributed by atoms with Gasteiger partial charge in [-0.1, -0.05) is 43.7 Å². The van der Waals surface area contributed by atoms with Gasteiger partial charge >= 0.3 is 12.1 Å². The minimum absolute atomic E-state index is 0.169. The maximum atomic E-state index is 11.8. The predicted octanol–water partition coefficient (Wildman–Crippen LogP) is 3.03. The average molecular weight is 293 g/mol. The third-order valence-electron chi connectivity index (χ3n) is 2.89. The van der Waals surface area contributed by atoms with Crippen LogP contribution in [0.25, 0.3) is 0 Å². The van der Waals surface area contributed by atoms with Gasteiger partial charge in [0.1, 0.15) is 6.61 Å². The lowest BCUT2D eigenvalue weighted by atomic mass is 10.1. The number of alkyl carbamates (subject to hydrolysis) is 1. The van der Waals surface area contributed by atoms with E-state index in [2.05, 4.69) is 5.32 Å². The molecule has 5 heteroatoms. The van der Waals surface area contributed by atoms with Crippen molar-refractivity contribution in [2.75, 3.05) is 6.61 Å². The Balaban J connectivity index is 2.39. The normalized spacial score (nSPS) is 11.5. The molecule has 0 aromatic heterocycles. The van der Waals surface area contributed by atoms with Crippen LogP contribution in [0.15, 0.2) is 30.3 Å². The van der Waals surface area contributed by atoms with Crippen molar-refractivity contribution >= 4 is 12.1 Å². The Morgan fingerprint density at radius 3 is 2.48 bits per heavy atom. The molecule has 1 aromatic rings. The van der Waals surface area contributed by atoms with Gasteiger partial charge in [-0.3, -0.25) is 4.79 Å². The Labute approximate surface area is 125 Å². The Hall–Kier alpha value is -2.04. The predicted molar refractivity (Wildman–Crippen MR) is 79.7 cm³/mol. The fourth-order valence-corrected chi connectivity index (χ4v) is 1.93. The summed E-state index contributed by atoms with van der Waals surface area (Å²) in [6.45, 7) is 4.31. The van der Waals surface area contributed by atoms with Gasteiger partial charge in [-0.25, -0.2) is 4.79 Å². The van der Waals surface area contributed by atoms with Crippen LogP contribution in [0.4, 0.5) is 4.79 Å². The highest BCUT2D eigenvalue weighted by atomic mass is 16.5. The highest BCUT2D eigenvalue weighted by molar-refractivity contribution is 5.72. The van der Waals surface area contributed by atoms with Gasteiger partial charge in [0, 0.05) is 6.04 Å². The number of amides is 1. The number of hydrogen-bond donors (Lipinski definition) is 1. The molecule has 0 bridgehead atoms. The van der Waals surface area contributed by atoms with Gasteiger partial charge < -0.3 is 14.8 Å². The van der Waals surface area contributed by atoms with Crippen LogP contribution >= 0.6 is 0 Å². The molecule has 0 unspecified atom stereocenters. The summed E-state index contributed by atoms with van der Waals surface area (Å²) in [6.07, 6.45) is 1.23. The van der Waals surface area contributed by atoms with E-state index in [4.69, 9.17) is 9.47 Å². The van der Waals surface area contributed by atoms with E-state index in [1.165, 1.54) is 0 Å². The maximum Gasteiger partial charge on any atom is 0.407 e. The molecule has 1 atom stereocenters. The van der Waals surface area contributed by atoms with Crippen LogP contribution in [0.5, 0.6) is 0 Å². The van der Waals surface area contributed by atoms with Crippen molar-refractivity contribution in [2.24, 2.45) is 0 Å². The lowest BCUT2D eigenvalue weighted by Crippen LogP contribution is -2.37. The lowest BCUT2D eigenvalue weighted by Gasteiger charge is -2.17. The molecule has 0 aliphatic rings. The molecule has 0 spiro atoms. The fourth-order valence-electron chi connectivity index (χ4n) is 1.93. The topological polar surface area (TPSA) is 64.6 Å². The number of nitrogens with one attached hydrogen (secondary N) is 1. The van der Waals surface area contributed by atoms with E-state index in [1.54, 1.807) is 6.92 Å². The molecule has 116 valence electrons. The average Bonchev–Trinajstić information content (AvgIpc) is 2.46. The first-order valence-corrected chi connectivity index (χ1v) is 7.28. The van der Waals surface area contributed by atoms with Gasteiger partial charge in [0.05, 0.1) is 13.0 Å². The van der Waals surface area contributed by atoms with Crippen LogP contribution in [0, 0.1) is 0 Å². The molecule has 1 aromatic carbocycles. The van der Waals surface area contributed by atoms with Gasteiger partial charge in [0.25, 0.3) is 0 Å². The van der Waals surface area contributed by atoms with Crippen LogP contribution < -0.4 is 5.32 Å². The maximum absolute atomic E-state index is 11.8. The van der Waals surface area contributed by atoms with Crippen molar-refractivity contribution in [2.45, 2.75) is 45.8 Å². The number of ether oxygens (including phenoxy) is 2. The Bertz CT molecular complexity index is 433. The van der Waals surface area contributed by atoms with Crippen LogP contribution in [0.3, 0.4) is 0 Å². The monoisotopic (exact) mass is 293 g/mol. The van der Waals surface area contributed by atoms with E-state index in [9.17, 15) is 9.59 Å². The van der Waals surface area contributed by atoms with Crippen LogP contribution in [0.2, 0.25) is 0 Å². The van der Waals surface area contributed by atoms with Crippen molar-refractivity contribution in [1.82, 2.24) is 5.32 Å². The van der Waals surface area contributed by atoms with Crippen molar-refractivity contribution in [3.05, 3.63) is 35.9 Å². The SMILES string of the molecule is CCC[C@H](CC(=O)OCC)NC(=O)OCc1ccccc1. The van der Waals surface area contributed by atoms with Gasteiger partial charge in [-0.2, -0.15) is 0 Å². The van der Waals surface area contributed by atoms with Gasteiger partial charge in [0.2, 0.25) is 0 Å². The molecule has 0 fully saturated rings. The van der Waals surface area contributed by atoms with E-state index < -0.39 is 6.09 Å². The Morgan fingerprint density at radius 1 is 1.14 bits per heavy atom. The first-order valence-electron chi connectivity index (χ1n) is 7.28. The second kappa shape index (κ2) is 9.80. The van der Waals surface area contributed by atoms with Gasteiger partial charge in [-0.05, 0) is 18.9 Å². The van der Waals surface area contributed by atoms with E-state index >= 15 is 0 Å². The highest BCUT2D eigenvalue weighted by Crippen LogP contribution is 2.05. The van der Waals surface area contributed by atoms with E-state index in [0.29, 0.717) is 13.0 Å². The molecular weight excluding hydrogens is 270 g/mol. The molecule has 21 heavy (non-hydrogen) atoms. The molecule has 0 heterocycles. The molecular formula is C16H23NO4. The Kier molecular flexibility index (Phi) is 7.94. The minimum Gasteiger partial charge on any atom is -0.466 e. The first kappa shape index (κ1) is 17.0. The molecule has 5 nitrogen and oxygen atoms in total. The smallest absolute Gasteiger partial charge is 0.407 e. The molecule has 0 saturated heterocycles. The summed E-state index contributed by atoms with van der Waals surface area (Å²) in [5.41, 5.74) is 0.921. The first-order chi connectivity index (χ1) is 10.2. The number of esters is 1. The standard InChI is InChI=1S/C16H23NO4/c1-3-8-14(11-15(18)20-4-2)17-16(19)21-12-13-9-6-5-7-10-13/h5-7,9-10,14H,3-4,8,11-12H2,1-2H3,(H,17,19)/t14-/m1/s1. The van der Waals surface area contributed by atoms with Crippen molar-refractivity contribution < 1.29 is 19.1 Å². The quantitative estimate of drug-likeness (QED) is 0.748. The molecule has 0 saturated carbocycles. The Morgan fingerprint density at radius 2 is 1.86 bits per heavy atom. The van der Waals surface area contributed by atoms with E-state index in [-0.39, 0.29) is 25.0 Å². The van der Waals surface area contributed by atoms with E-state index in [1.807, 2.05) is 37.3 Å². The molecule has 0 aliphatic carbocycles. The zero-order valence-corrected chi connectivity index (χ0v) is 12.6. The second-order valence-electron chi connectivity index (χ2n) is 4.70.